The van der Waals surface area contributed by atoms with Gasteiger partial charge in [-0.2, -0.15) is 0 Å². The van der Waals surface area contributed by atoms with Crippen LogP contribution in [0.5, 0.6) is 0 Å². The zero-order chi connectivity index (χ0) is 15.9. The summed E-state index contributed by atoms with van der Waals surface area (Å²) >= 11 is 3.47. The Labute approximate surface area is 139 Å². The molecule has 0 aromatic carbocycles. The van der Waals surface area contributed by atoms with Gasteiger partial charge in [-0.3, -0.25) is 0 Å². The molecule has 0 aliphatic carbocycles. The number of nitrogens with zero attached hydrogens (tertiary/aromatic N) is 3. The highest BCUT2D eigenvalue weighted by Gasteiger charge is 2.05. The highest BCUT2D eigenvalue weighted by molar-refractivity contribution is 7.11. The van der Waals surface area contributed by atoms with Gasteiger partial charge in [0.2, 0.25) is 0 Å². The molecule has 0 radical (unpaired) electrons. The van der Waals surface area contributed by atoms with Crippen molar-refractivity contribution >= 4 is 28.6 Å². The minimum Gasteiger partial charge on any atom is -0.357 e. The number of aromatic nitrogens is 2. The Balaban J connectivity index is 1.86. The molecule has 22 heavy (non-hydrogen) atoms. The molecule has 0 spiro atoms. The van der Waals surface area contributed by atoms with E-state index in [4.69, 9.17) is 0 Å². The molecule has 2 heterocycles. The van der Waals surface area contributed by atoms with Gasteiger partial charge in [0.1, 0.15) is 5.01 Å². The van der Waals surface area contributed by atoms with Crippen LogP contribution in [0.15, 0.2) is 11.2 Å². The van der Waals surface area contributed by atoms with Gasteiger partial charge in [0.15, 0.2) is 5.96 Å². The molecule has 7 heteroatoms. The van der Waals surface area contributed by atoms with E-state index >= 15 is 0 Å². The van der Waals surface area contributed by atoms with E-state index in [0.29, 0.717) is 6.54 Å². The van der Waals surface area contributed by atoms with Crippen LogP contribution in [-0.2, 0) is 13.0 Å². The van der Waals surface area contributed by atoms with Crippen LogP contribution in [0.3, 0.4) is 0 Å². The summed E-state index contributed by atoms with van der Waals surface area (Å²) in [5.41, 5.74) is 1.14. The Bertz CT molecular complexity index is 630. The van der Waals surface area contributed by atoms with Crippen LogP contribution in [0, 0.1) is 20.8 Å². The highest BCUT2D eigenvalue weighted by Crippen LogP contribution is 2.17. The van der Waals surface area contributed by atoms with Crippen LogP contribution in [0.4, 0.5) is 0 Å². The van der Waals surface area contributed by atoms with Gasteiger partial charge in [-0.25, -0.2) is 15.0 Å². The quantitative estimate of drug-likeness (QED) is 0.628. The van der Waals surface area contributed by atoms with E-state index in [0.717, 1.165) is 41.2 Å². The van der Waals surface area contributed by atoms with Crippen molar-refractivity contribution in [3.8, 4) is 0 Å². The SMILES string of the molecule is CCNC(=NCc1ncc(C)s1)NCCc1sc(C)nc1C. The summed E-state index contributed by atoms with van der Waals surface area (Å²) in [6.45, 7) is 10.6. The monoisotopic (exact) mass is 337 g/mol. The Morgan fingerprint density at radius 2 is 2.05 bits per heavy atom. The van der Waals surface area contributed by atoms with Crippen LogP contribution in [0.25, 0.3) is 0 Å². The van der Waals surface area contributed by atoms with Gasteiger partial charge in [-0.05, 0) is 27.7 Å². The number of guanidine groups is 1. The molecule has 2 N–H and O–H groups in total. The first kappa shape index (κ1) is 16.9. The smallest absolute Gasteiger partial charge is 0.191 e. The van der Waals surface area contributed by atoms with E-state index in [1.54, 1.807) is 22.7 Å². The van der Waals surface area contributed by atoms with Crippen molar-refractivity contribution in [2.75, 3.05) is 13.1 Å². The Hall–Kier alpha value is -1.47. The minimum atomic E-state index is 0.618. The predicted molar refractivity (Wildman–Crippen MR) is 95.0 cm³/mol. The number of thiazole rings is 2. The van der Waals surface area contributed by atoms with Gasteiger partial charge in [-0.1, -0.05) is 0 Å². The fourth-order valence-electron chi connectivity index (χ4n) is 2.06. The lowest BCUT2D eigenvalue weighted by Crippen LogP contribution is -2.38. The summed E-state index contributed by atoms with van der Waals surface area (Å²) in [6, 6.07) is 0. The molecule has 5 nitrogen and oxygen atoms in total. The second-order valence-corrected chi connectivity index (χ2v) is 7.59. The summed E-state index contributed by atoms with van der Waals surface area (Å²) in [7, 11) is 0. The van der Waals surface area contributed by atoms with E-state index in [9.17, 15) is 0 Å². The molecule has 0 atom stereocenters. The molecule has 0 fully saturated rings. The lowest BCUT2D eigenvalue weighted by atomic mass is 10.3. The maximum Gasteiger partial charge on any atom is 0.191 e. The van der Waals surface area contributed by atoms with Gasteiger partial charge < -0.3 is 10.6 Å². The predicted octanol–water partition coefficient (Wildman–Crippen LogP) is 2.82. The average Bonchev–Trinajstić information content (AvgIpc) is 3.02. The molecule has 120 valence electrons. The van der Waals surface area contributed by atoms with E-state index in [1.807, 2.05) is 6.20 Å². The molecular weight excluding hydrogens is 314 g/mol. The van der Waals surface area contributed by atoms with Gasteiger partial charge >= 0.3 is 0 Å². The van der Waals surface area contributed by atoms with Crippen LogP contribution in [-0.4, -0.2) is 29.0 Å². The fourth-order valence-corrected chi connectivity index (χ4v) is 3.71. The molecule has 2 aromatic rings. The third kappa shape index (κ3) is 5.06. The lowest BCUT2D eigenvalue weighted by molar-refractivity contribution is 0.800. The molecule has 0 saturated carbocycles. The lowest BCUT2D eigenvalue weighted by Gasteiger charge is -2.10. The molecule has 0 aliphatic heterocycles. The fraction of sp³-hybridized carbons (Fsp3) is 0.533. The summed E-state index contributed by atoms with van der Waals surface area (Å²) in [6.07, 6.45) is 2.86. The van der Waals surface area contributed by atoms with Gasteiger partial charge in [-0.15, -0.1) is 22.7 Å². The average molecular weight is 338 g/mol. The van der Waals surface area contributed by atoms with Crippen LogP contribution in [0.1, 0.15) is 32.4 Å². The normalized spacial score (nSPS) is 11.7. The number of aliphatic imine (C=N–C) groups is 1. The van der Waals surface area contributed by atoms with Crippen molar-refractivity contribution in [3.05, 3.63) is 31.7 Å². The number of rotatable bonds is 6. The summed E-state index contributed by atoms with van der Waals surface area (Å²) in [4.78, 5) is 16.0. The van der Waals surface area contributed by atoms with Crippen LogP contribution >= 0.6 is 22.7 Å². The Morgan fingerprint density at radius 1 is 1.23 bits per heavy atom. The minimum absolute atomic E-state index is 0.618. The van der Waals surface area contributed by atoms with Crippen molar-refractivity contribution < 1.29 is 0 Å². The zero-order valence-electron chi connectivity index (χ0n) is 13.6. The third-order valence-corrected chi connectivity index (χ3v) is 5.06. The van der Waals surface area contributed by atoms with Crippen molar-refractivity contribution in [3.63, 3.8) is 0 Å². The molecule has 2 rings (SSSR count). The number of hydrogen-bond donors (Lipinski definition) is 2. The summed E-state index contributed by atoms with van der Waals surface area (Å²) in [5.74, 6) is 0.842. The van der Waals surface area contributed by atoms with Crippen LogP contribution < -0.4 is 10.6 Å². The second-order valence-electron chi connectivity index (χ2n) is 4.98. The number of aryl methyl sites for hydroxylation is 3. The molecule has 0 aliphatic rings. The Morgan fingerprint density at radius 3 is 2.64 bits per heavy atom. The second kappa shape index (κ2) is 8.24. The van der Waals surface area contributed by atoms with Crippen molar-refractivity contribution in [1.82, 2.24) is 20.6 Å². The highest BCUT2D eigenvalue weighted by atomic mass is 32.1. The first-order chi connectivity index (χ1) is 10.6. The van der Waals surface area contributed by atoms with Gasteiger partial charge in [0.25, 0.3) is 0 Å². The molecular formula is C15H23N5S2. The molecule has 0 unspecified atom stereocenters. The van der Waals surface area contributed by atoms with Crippen LogP contribution in [0.2, 0.25) is 0 Å². The van der Waals surface area contributed by atoms with E-state index in [1.165, 1.54) is 9.75 Å². The van der Waals surface area contributed by atoms with E-state index in [-0.39, 0.29) is 0 Å². The first-order valence-corrected chi connectivity index (χ1v) is 9.08. The summed E-state index contributed by atoms with van der Waals surface area (Å²) in [5, 5.41) is 8.82. The molecule has 2 aromatic heterocycles. The number of hydrogen-bond acceptors (Lipinski definition) is 5. The standard InChI is InChI=1S/C15H23N5S2/c1-5-16-15(19-9-14-18-8-10(2)21-14)17-7-6-13-11(3)20-12(4)22-13/h8H,5-7,9H2,1-4H3,(H2,16,17,19). The van der Waals surface area contributed by atoms with Gasteiger partial charge in [0, 0.05) is 35.5 Å². The van der Waals surface area contributed by atoms with Crippen molar-refractivity contribution in [2.24, 2.45) is 4.99 Å². The zero-order valence-corrected chi connectivity index (χ0v) is 15.2. The van der Waals surface area contributed by atoms with Crippen molar-refractivity contribution in [1.29, 1.82) is 0 Å². The summed E-state index contributed by atoms with van der Waals surface area (Å²) < 4.78 is 0. The maximum absolute atomic E-state index is 4.59. The Kier molecular flexibility index (Phi) is 6.33. The molecule has 0 bridgehead atoms. The van der Waals surface area contributed by atoms with E-state index in [2.05, 4.69) is 53.3 Å². The number of nitrogens with one attached hydrogen (secondary N) is 2. The molecule has 0 amide bonds. The maximum atomic E-state index is 4.59. The molecule has 0 saturated heterocycles. The largest absolute Gasteiger partial charge is 0.357 e. The topological polar surface area (TPSA) is 62.2 Å². The van der Waals surface area contributed by atoms with E-state index < -0.39 is 0 Å². The first-order valence-electron chi connectivity index (χ1n) is 7.45. The van der Waals surface area contributed by atoms with Crippen molar-refractivity contribution in [2.45, 2.75) is 40.7 Å². The third-order valence-electron chi connectivity index (χ3n) is 3.03. The van der Waals surface area contributed by atoms with Gasteiger partial charge in [0.05, 0.1) is 17.2 Å².